The average molecular weight is 541 g/mol. The summed E-state index contributed by atoms with van der Waals surface area (Å²) in [5, 5.41) is 20.7. The highest BCUT2D eigenvalue weighted by molar-refractivity contribution is 6.30. The number of hydrogen-bond donors (Lipinski definition) is 2. The molecule has 6 nitrogen and oxygen atoms in total. The lowest BCUT2D eigenvalue weighted by molar-refractivity contribution is -0.136. The van der Waals surface area contributed by atoms with Crippen LogP contribution >= 0.6 is 11.6 Å². The van der Waals surface area contributed by atoms with Gasteiger partial charge in [0, 0.05) is 55.4 Å². The van der Waals surface area contributed by atoms with Crippen LogP contribution in [0.15, 0.2) is 72.8 Å². The van der Waals surface area contributed by atoms with Gasteiger partial charge >= 0.3 is 5.97 Å². The van der Waals surface area contributed by atoms with Crippen LogP contribution in [0.4, 0.5) is 10.1 Å². The summed E-state index contributed by atoms with van der Waals surface area (Å²) < 4.78 is 19.7. The summed E-state index contributed by atoms with van der Waals surface area (Å²) in [6.45, 7) is 3.11. The summed E-state index contributed by atoms with van der Waals surface area (Å²) in [7, 11) is 0. The fraction of sp³-hybridized carbons (Fsp3) is 0.367. The largest absolute Gasteiger partial charge is 0.490 e. The predicted molar refractivity (Wildman–Crippen MR) is 147 cm³/mol. The van der Waals surface area contributed by atoms with Gasteiger partial charge in [-0.05, 0) is 60.7 Å². The Morgan fingerprint density at radius 3 is 2.47 bits per heavy atom. The maximum absolute atomic E-state index is 13.9. The molecule has 8 heteroatoms. The summed E-state index contributed by atoms with van der Waals surface area (Å²) >= 11 is 6.02. The number of hydrogen-bond acceptors (Lipinski definition) is 5. The molecule has 2 N–H and O–H groups in total. The van der Waals surface area contributed by atoms with Crippen molar-refractivity contribution >= 4 is 23.3 Å². The van der Waals surface area contributed by atoms with Crippen molar-refractivity contribution in [1.82, 2.24) is 4.90 Å². The van der Waals surface area contributed by atoms with Crippen LogP contribution < -0.4 is 9.64 Å². The van der Waals surface area contributed by atoms with Crippen molar-refractivity contribution < 1.29 is 24.1 Å². The molecule has 0 amide bonds. The standard InChI is InChI=1S/C30H34ClFN2O4/c31-24-10-6-22(7-11-24)19-33-16-14-27(15-17-33)34(26-4-2-1-3-5-26)20-28(35)21-38-29-18-25(32)12-8-23(29)9-13-30(36)37/h1-8,10-12,18,27-28,35H,9,13-17,19-21H2,(H,36,37)/t28-/m1/s1. The summed E-state index contributed by atoms with van der Waals surface area (Å²) in [5.74, 6) is -1.13. The number of anilines is 1. The first-order chi connectivity index (χ1) is 18.4. The Kier molecular flexibility index (Phi) is 9.98. The third-order valence-electron chi connectivity index (χ3n) is 6.88. The van der Waals surface area contributed by atoms with Crippen molar-refractivity contribution in [2.45, 2.75) is 44.4 Å². The summed E-state index contributed by atoms with van der Waals surface area (Å²) in [5.41, 5.74) is 2.88. The van der Waals surface area contributed by atoms with E-state index in [2.05, 4.69) is 21.9 Å². The fourth-order valence-corrected chi connectivity index (χ4v) is 5.02. The summed E-state index contributed by atoms with van der Waals surface area (Å²) in [6.07, 6.45) is 1.24. The second-order valence-corrected chi connectivity index (χ2v) is 10.2. The zero-order valence-corrected chi connectivity index (χ0v) is 22.1. The molecular formula is C30H34ClFN2O4. The molecule has 3 aromatic carbocycles. The van der Waals surface area contributed by atoms with Gasteiger partial charge < -0.3 is 19.8 Å². The number of ether oxygens (including phenoxy) is 1. The van der Waals surface area contributed by atoms with E-state index in [0.29, 0.717) is 12.1 Å². The molecule has 3 aromatic rings. The van der Waals surface area contributed by atoms with Crippen LogP contribution in [0.5, 0.6) is 5.75 Å². The molecule has 0 aliphatic carbocycles. The minimum atomic E-state index is -0.932. The number of carboxylic acid groups (broad SMARTS) is 1. The number of aliphatic hydroxyl groups is 1. The number of carboxylic acids is 1. The first-order valence-corrected chi connectivity index (χ1v) is 13.3. The van der Waals surface area contributed by atoms with Crippen LogP contribution in [0.2, 0.25) is 5.02 Å². The Morgan fingerprint density at radius 2 is 1.79 bits per heavy atom. The van der Waals surface area contributed by atoms with Gasteiger partial charge in [-0.15, -0.1) is 0 Å². The van der Waals surface area contributed by atoms with Crippen molar-refractivity contribution in [1.29, 1.82) is 0 Å². The Balaban J connectivity index is 1.37. The number of rotatable bonds is 12. The number of halogens is 2. The highest BCUT2D eigenvalue weighted by atomic mass is 35.5. The molecule has 0 bridgehead atoms. The molecule has 1 aliphatic heterocycles. The maximum atomic E-state index is 13.9. The van der Waals surface area contributed by atoms with E-state index < -0.39 is 17.9 Å². The molecule has 0 unspecified atom stereocenters. The zero-order chi connectivity index (χ0) is 26.9. The Labute approximate surface area is 228 Å². The van der Waals surface area contributed by atoms with Gasteiger partial charge in [0.05, 0.1) is 0 Å². The van der Waals surface area contributed by atoms with Gasteiger partial charge in [0.15, 0.2) is 0 Å². The summed E-state index contributed by atoms with van der Waals surface area (Å²) in [4.78, 5) is 15.7. The van der Waals surface area contributed by atoms with Gasteiger partial charge in [-0.25, -0.2) is 4.39 Å². The van der Waals surface area contributed by atoms with Crippen molar-refractivity contribution in [3.8, 4) is 5.75 Å². The van der Waals surface area contributed by atoms with Crippen LogP contribution in [-0.4, -0.2) is 59.5 Å². The summed E-state index contributed by atoms with van der Waals surface area (Å²) in [6, 6.07) is 22.3. The number of likely N-dealkylation sites (tertiary alicyclic amines) is 1. The third kappa shape index (κ3) is 8.18. The number of aliphatic carboxylic acids is 1. The normalized spacial score (nSPS) is 15.2. The molecule has 202 valence electrons. The number of nitrogens with zero attached hydrogens (tertiary/aromatic N) is 2. The molecular weight excluding hydrogens is 507 g/mol. The molecule has 38 heavy (non-hydrogen) atoms. The monoisotopic (exact) mass is 540 g/mol. The molecule has 1 atom stereocenters. The minimum absolute atomic E-state index is 0.0255. The molecule has 1 fully saturated rings. The molecule has 4 rings (SSSR count). The number of aryl methyl sites for hydroxylation is 1. The minimum Gasteiger partial charge on any atom is -0.490 e. The van der Waals surface area contributed by atoms with E-state index in [1.807, 2.05) is 42.5 Å². The van der Waals surface area contributed by atoms with E-state index in [0.717, 1.165) is 43.2 Å². The van der Waals surface area contributed by atoms with E-state index >= 15 is 0 Å². The van der Waals surface area contributed by atoms with E-state index in [9.17, 15) is 14.3 Å². The van der Waals surface area contributed by atoms with Crippen LogP contribution in [0.25, 0.3) is 0 Å². The van der Waals surface area contributed by atoms with Gasteiger partial charge in [-0.2, -0.15) is 0 Å². The lowest BCUT2D eigenvalue weighted by Gasteiger charge is -2.40. The van der Waals surface area contributed by atoms with Gasteiger partial charge in [0.1, 0.15) is 24.3 Å². The Bertz CT molecular complexity index is 1170. The molecule has 0 aromatic heterocycles. The molecule has 0 spiro atoms. The fourth-order valence-electron chi connectivity index (χ4n) is 4.90. The van der Waals surface area contributed by atoms with E-state index in [1.165, 1.54) is 23.8 Å². The number of carbonyl (C=O) groups is 1. The highest BCUT2D eigenvalue weighted by Gasteiger charge is 2.27. The highest BCUT2D eigenvalue weighted by Crippen LogP contribution is 2.26. The van der Waals surface area contributed by atoms with Gasteiger partial charge in [0.25, 0.3) is 0 Å². The average Bonchev–Trinajstić information content (AvgIpc) is 2.92. The molecule has 0 saturated carbocycles. The molecule has 1 aliphatic rings. The predicted octanol–water partition coefficient (Wildman–Crippen LogP) is 5.41. The van der Waals surface area contributed by atoms with Crippen LogP contribution in [0.3, 0.4) is 0 Å². The number of para-hydroxylation sites is 1. The Hall–Kier alpha value is -3.13. The van der Waals surface area contributed by atoms with Crippen LogP contribution in [0, 0.1) is 5.82 Å². The van der Waals surface area contributed by atoms with E-state index in [1.54, 1.807) is 0 Å². The molecule has 1 saturated heterocycles. The van der Waals surface area contributed by atoms with Gasteiger partial charge in [0.2, 0.25) is 0 Å². The first-order valence-electron chi connectivity index (χ1n) is 13.0. The van der Waals surface area contributed by atoms with Crippen LogP contribution in [0.1, 0.15) is 30.4 Å². The topological polar surface area (TPSA) is 73.2 Å². The van der Waals surface area contributed by atoms with Crippen molar-refractivity contribution in [3.05, 3.63) is 94.8 Å². The number of aliphatic hydroxyl groups excluding tert-OH is 1. The number of benzene rings is 3. The Morgan fingerprint density at radius 1 is 1.08 bits per heavy atom. The zero-order valence-electron chi connectivity index (χ0n) is 21.3. The first kappa shape index (κ1) is 27.9. The molecule has 1 heterocycles. The SMILES string of the molecule is O=C(O)CCc1ccc(F)cc1OC[C@H](O)CN(c1ccccc1)C1CCN(Cc2ccc(Cl)cc2)CC1. The smallest absolute Gasteiger partial charge is 0.303 e. The number of piperidine rings is 1. The van der Waals surface area contributed by atoms with Crippen molar-refractivity contribution in [2.24, 2.45) is 0 Å². The lowest BCUT2D eigenvalue weighted by Crippen LogP contribution is -2.48. The van der Waals surface area contributed by atoms with Crippen molar-refractivity contribution in [3.63, 3.8) is 0 Å². The van der Waals surface area contributed by atoms with Crippen LogP contribution in [-0.2, 0) is 17.8 Å². The van der Waals surface area contributed by atoms with Gasteiger partial charge in [-0.1, -0.05) is 48.0 Å². The van der Waals surface area contributed by atoms with E-state index in [4.69, 9.17) is 21.4 Å². The second kappa shape index (κ2) is 13.6. The quantitative estimate of drug-likeness (QED) is 0.320. The second-order valence-electron chi connectivity index (χ2n) is 9.73. The van der Waals surface area contributed by atoms with Gasteiger partial charge in [-0.3, -0.25) is 9.69 Å². The van der Waals surface area contributed by atoms with Crippen molar-refractivity contribution in [2.75, 3.05) is 31.1 Å². The lowest BCUT2D eigenvalue weighted by atomic mass is 10.0. The maximum Gasteiger partial charge on any atom is 0.303 e. The van der Waals surface area contributed by atoms with E-state index in [-0.39, 0.29) is 31.2 Å². The third-order valence-corrected chi connectivity index (χ3v) is 7.13. The molecule has 0 radical (unpaired) electrons.